The van der Waals surface area contributed by atoms with Crippen LogP contribution in [0.2, 0.25) is 5.02 Å². The van der Waals surface area contributed by atoms with Gasteiger partial charge in [-0.15, -0.1) is 0 Å². The lowest BCUT2D eigenvalue weighted by Crippen LogP contribution is -2.44. The van der Waals surface area contributed by atoms with Crippen molar-refractivity contribution in [2.24, 2.45) is 0 Å². The highest BCUT2D eigenvalue weighted by molar-refractivity contribution is 6.30. The zero-order valence-electron chi connectivity index (χ0n) is 17.4. The van der Waals surface area contributed by atoms with Crippen molar-refractivity contribution < 1.29 is 4.74 Å². The number of aromatic nitrogens is 5. The predicted octanol–water partition coefficient (Wildman–Crippen LogP) is 3.30. The van der Waals surface area contributed by atoms with Crippen molar-refractivity contribution in [3.63, 3.8) is 0 Å². The van der Waals surface area contributed by atoms with Crippen LogP contribution in [-0.2, 0) is 0 Å². The van der Waals surface area contributed by atoms with Gasteiger partial charge in [0.05, 0.1) is 30.4 Å². The number of hydrogen-bond acceptors (Lipinski definition) is 9. The fourth-order valence-corrected chi connectivity index (χ4v) is 3.83. The molecule has 32 heavy (non-hydrogen) atoms. The molecule has 0 atom stereocenters. The molecule has 2 N–H and O–H groups in total. The Bertz CT molecular complexity index is 1260. The predicted molar refractivity (Wildman–Crippen MR) is 125 cm³/mol. The van der Waals surface area contributed by atoms with Crippen molar-refractivity contribution in [2.75, 3.05) is 43.5 Å². The number of ether oxygens (including phenoxy) is 1. The number of nitrogens with zero attached hydrogens (tertiary/aromatic N) is 6. The van der Waals surface area contributed by atoms with Crippen molar-refractivity contribution in [1.82, 2.24) is 30.2 Å². The highest BCUT2D eigenvalue weighted by atomic mass is 35.5. The first-order valence-corrected chi connectivity index (χ1v) is 10.6. The summed E-state index contributed by atoms with van der Waals surface area (Å²) in [5.74, 6) is 3.32. The molecule has 0 unspecified atom stereocenters. The Hall–Kier alpha value is -3.56. The molecule has 0 saturated carbocycles. The number of hydrogen-bond donors (Lipinski definition) is 2. The third-order valence-corrected chi connectivity index (χ3v) is 5.42. The molecule has 0 aromatic carbocycles. The van der Waals surface area contributed by atoms with E-state index < -0.39 is 0 Å². The maximum atomic E-state index is 6.06. The third kappa shape index (κ3) is 4.12. The Labute approximate surface area is 189 Å². The van der Waals surface area contributed by atoms with Crippen LogP contribution in [0.3, 0.4) is 0 Å². The summed E-state index contributed by atoms with van der Waals surface area (Å²) in [7, 11) is 1.64. The number of piperazine rings is 1. The first-order valence-electron chi connectivity index (χ1n) is 10.2. The third-order valence-electron chi connectivity index (χ3n) is 5.19. The highest BCUT2D eigenvalue weighted by Crippen LogP contribution is 2.34. The van der Waals surface area contributed by atoms with E-state index in [4.69, 9.17) is 26.3 Å². The van der Waals surface area contributed by atoms with E-state index in [2.05, 4.69) is 30.5 Å². The Morgan fingerprint density at radius 2 is 1.81 bits per heavy atom. The monoisotopic (exact) mass is 448 g/mol. The van der Waals surface area contributed by atoms with Crippen molar-refractivity contribution in [2.45, 2.75) is 0 Å². The zero-order valence-corrected chi connectivity index (χ0v) is 18.2. The second kappa shape index (κ2) is 8.89. The van der Waals surface area contributed by atoms with E-state index >= 15 is 0 Å². The van der Waals surface area contributed by atoms with Gasteiger partial charge in [-0.05, 0) is 24.3 Å². The zero-order chi connectivity index (χ0) is 21.9. The molecule has 0 amide bonds. The molecule has 162 valence electrons. The molecule has 0 aliphatic carbocycles. The van der Waals surface area contributed by atoms with Crippen LogP contribution in [0.25, 0.3) is 22.3 Å². The summed E-state index contributed by atoms with van der Waals surface area (Å²) in [6, 6.07) is 7.23. The Morgan fingerprint density at radius 3 is 2.59 bits per heavy atom. The quantitative estimate of drug-likeness (QED) is 0.476. The van der Waals surface area contributed by atoms with Gasteiger partial charge in [0, 0.05) is 49.2 Å². The molecular weight excluding hydrogens is 428 g/mol. The van der Waals surface area contributed by atoms with E-state index in [9.17, 15) is 0 Å². The minimum Gasteiger partial charge on any atom is -0.494 e. The lowest BCUT2D eigenvalue weighted by atomic mass is 10.2. The van der Waals surface area contributed by atoms with E-state index in [1.165, 1.54) is 0 Å². The van der Waals surface area contributed by atoms with Gasteiger partial charge in [0.15, 0.2) is 5.82 Å². The van der Waals surface area contributed by atoms with Crippen LogP contribution in [0.5, 0.6) is 5.75 Å². The lowest BCUT2D eigenvalue weighted by Gasteiger charge is -2.29. The number of anilines is 3. The molecule has 4 aromatic heterocycles. The Kier molecular flexibility index (Phi) is 5.66. The molecule has 1 aliphatic rings. The molecule has 0 bridgehead atoms. The van der Waals surface area contributed by atoms with Crippen molar-refractivity contribution >= 4 is 40.0 Å². The van der Waals surface area contributed by atoms with Gasteiger partial charge in [-0.1, -0.05) is 11.6 Å². The molecule has 9 nitrogen and oxygen atoms in total. The first kappa shape index (κ1) is 20.3. The number of fused-ring (bicyclic) bond motifs is 1. The first-order chi connectivity index (χ1) is 15.7. The van der Waals surface area contributed by atoms with Gasteiger partial charge in [-0.2, -0.15) is 0 Å². The van der Waals surface area contributed by atoms with Crippen molar-refractivity contribution in [3.8, 4) is 17.1 Å². The second-order valence-corrected chi connectivity index (χ2v) is 7.69. The summed E-state index contributed by atoms with van der Waals surface area (Å²) in [4.78, 5) is 24.9. The molecule has 10 heteroatoms. The Balaban J connectivity index is 1.58. The highest BCUT2D eigenvalue weighted by Gasteiger charge is 2.20. The average Bonchev–Trinajstić information content (AvgIpc) is 2.83. The lowest BCUT2D eigenvalue weighted by molar-refractivity contribution is 0.418. The van der Waals surface area contributed by atoms with E-state index in [1.807, 2.05) is 12.1 Å². The minimum absolute atomic E-state index is 0.589. The molecule has 1 saturated heterocycles. The van der Waals surface area contributed by atoms with Crippen LogP contribution in [0.15, 0.2) is 49.1 Å². The Morgan fingerprint density at radius 1 is 1.03 bits per heavy atom. The summed E-state index contributed by atoms with van der Waals surface area (Å²) < 4.78 is 5.58. The molecule has 1 fully saturated rings. The van der Waals surface area contributed by atoms with Crippen LogP contribution in [0.4, 0.5) is 17.5 Å². The second-order valence-electron chi connectivity index (χ2n) is 7.26. The number of halogens is 1. The summed E-state index contributed by atoms with van der Waals surface area (Å²) in [6.07, 6.45) is 6.79. The van der Waals surface area contributed by atoms with Gasteiger partial charge in [0.1, 0.15) is 23.2 Å². The summed E-state index contributed by atoms with van der Waals surface area (Å²) in [5.41, 5.74) is 1.55. The number of nitrogens with one attached hydrogen (secondary N) is 2. The summed E-state index contributed by atoms with van der Waals surface area (Å²) in [6.45, 7) is 3.48. The van der Waals surface area contributed by atoms with E-state index in [-0.39, 0.29) is 0 Å². The van der Waals surface area contributed by atoms with Crippen molar-refractivity contribution in [3.05, 3.63) is 54.1 Å². The molecule has 0 radical (unpaired) electrons. The fraction of sp³-hybridized carbons (Fsp3) is 0.227. The van der Waals surface area contributed by atoms with Gasteiger partial charge < -0.3 is 20.3 Å². The van der Waals surface area contributed by atoms with Crippen LogP contribution in [0.1, 0.15) is 0 Å². The van der Waals surface area contributed by atoms with Crippen LogP contribution >= 0.6 is 11.6 Å². The maximum absolute atomic E-state index is 6.06. The molecule has 5 rings (SSSR count). The topological polar surface area (TPSA) is 101 Å². The number of rotatable bonds is 5. The fourth-order valence-electron chi connectivity index (χ4n) is 3.67. The molecule has 0 spiro atoms. The van der Waals surface area contributed by atoms with Gasteiger partial charge >= 0.3 is 0 Å². The molecular formula is C22H21ClN8O. The van der Waals surface area contributed by atoms with Crippen LogP contribution < -0.4 is 20.3 Å². The number of pyridine rings is 3. The van der Waals surface area contributed by atoms with E-state index in [0.29, 0.717) is 28.2 Å². The standard InChI is InChI=1S/C22H21ClN8O/c1-32-17-13-25-12-16-20(17)22(31-8-6-24-7-9-31)30-21(28-16)14-2-4-26-18(10-14)29-19-11-15(23)3-5-27-19/h2-5,10-13,24H,6-9H2,1H3,(H,26,27,29). The minimum atomic E-state index is 0.589. The largest absolute Gasteiger partial charge is 0.494 e. The molecule has 5 heterocycles. The molecule has 1 aliphatic heterocycles. The van der Waals surface area contributed by atoms with Crippen LogP contribution in [-0.4, -0.2) is 58.2 Å². The van der Waals surface area contributed by atoms with E-state index in [0.717, 1.165) is 48.5 Å². The van der Waals surface area contributed by atoms with Gasteiger partial charge in [0.2, 0.25) is 0 Å². The van der Waals surface area contributed by atoms with Gasteiger partial charge in [0.25, 0.3) is 0 Å². The smallest absolute Gasteiger partial charge is 0.162 e. The van der Waals surface area contributed by atoms with E-state index in [1.54, 1.807) is 44.0 Å². The van der Waals surface area contributed by atoms with Crippen molar-refractivity contribution in [1.29, 1.82) is 0 Å². The number of methoxy groups -OCH3 is 1. The average molecular weight is 449 g/mol. The summed E-state index contributed by atoms with van der Waals surface area (Å²) >= 11 is 6.06. The molecule has 4 aromatic rings. The van der Waals surface area contributed by atoms with Crippen LogP contribution in [0, 0.1) is 0 Å². The maximum Gasteiger partial charge on any atom is 0.162 e. The van der Waals surface area contributed by atoms with Gasteiger partial charge in [-0.25, -0.2) is 19.9 Å². The van der Waals surface area contributed by atoms with Gasteiger partial charge in [-0.3, -0.25) is 4.98 Å². The summed E-state index contributed by atoms with van der Waals surface area (Å²) in [5, 5.41) is 8.02. The normalized spacial score (nSPS) is 13.9. The SMILES string of the molecule is COc1cncc2nc(-c3ccnc(Nc4cc(Cl)ccn4)c3)nc(N3CCNCC3)c12.